The van der Waals surface area contributed by atoms with E-state index < -0.39 is 11.6 Å². The Bertz CT molecular complexity index is 1030. The van der Waals surface area contributed by atoms with Gasteiger partial charge < -0.3 is 15.7 Å². The molecule has 1 fully saturated rings. The zero-order valence-corrected chi connectivity index (χ0v) is 18.6. The van der Waals surface area contributed by atoms with Gasteiger partial charge in [0.05, 0.1) is 17.2 Å². The maximum Gasteiger partial charge on any atom is 0.252 e. The number of piperidine rings is 1. The zero-order valence-electron chi connectivity index (χ0n) is 17.0. The first kappa shape index (κ1) is 24.1. The molecule has 0 saturated carbocycles. The van der Waals surface area contributed by atoms with Crippen LogP contribution in [0.1, 0.15) is 33.6 Å². The first-order valence-corrected chi connectivity index (χ1v) is 9.64. The van der Waals surface area contributed by atoms with Crippen molar-refractivity contribution in [3.05, 3.63) is 77.0 Å². The molecule has 1 aliphatic heterocycles. The van der Waals surface area contributed by atoms with E-state index in [4.69, 9.17) is 0 Å². The smallest absolute Gasteiger partial charge is 0.252 e. The predicted octanol–water partition coefficient (Wildman–Crippen LogP) is 3.67. The molecule has 1 saturated heterocycles. The number of pyridine rings is 1. The van der Waals surface area contributed by atoms with Crippen molar-refractivity contribution >= 4 is 41.6 Å². The molecule has 2 aromatic carbocycles. The summed E-state index contributed by atoms with van der Waals surface area (Å²) in [4.78, 5) is 17.8. The molecule has 1 aliphatic rings. The lowest BCUT2D eigenvalue weighted by Gasteiger charge is -2.43. The van der Waals surface area contributed by atoms with Crippen molar-refractivity contribution in [2.45, 2.75) is 31.9 Å². The van der Waals surface area contributed by atoms with Crippen molar-refractivity contribution in [3.63, 3.8) is 0 Å². The Morgan fingerprint density at radius 3 is 2.57 bits per heavy atom. The summed E-state index contributed by atoms with van der Waals surface area (Å²) in [6, 6.07) is 17.4. The number of hydrogen-bond acceptors (Lipinski definition) is 4. The van der Waals surface area contributed by atoms with Crippen molar-refractivity contribution in [2.24, 2.45) is 0 Å². The number of aliphatic hydroxyl groups excluding tert-OH is 1. The number of nitrogens with one attached hydrogen (secondary N) is 2. The third kappa shape index (κ3) is 4.44. The van der Waals surface area contributed by atoms with Gasteiger partial charge in [-0.2, -0.15) is 0 Å². The van der Waals surface area contributed by atoms with Gasteiger partial charge in [0.2, 0.25) is 0 Å². The summed E-state index contributed by atoms with van der Waals surface area (Å²) < 4.78 is 0. The van der Waals surface area contributed by atoms with Gasteiger partial charge in [0.25, 0.3) is 5.91 Å². The Balaban J connectivity index is 0.00000160. The Morgan fingerprint density at radius 2 is 1.87 bits per heavy atom. The minimum absolute atomic E-state index is 0. The number of aryl methyl sites for hydroxylation is 2. The number of carbonyl (C=O) groups excluding carboxylic acids is 1. The van der Waals surface area contributed by atoms with Crippen LogP contribution >= 0.6 is 24.8 Å². The highest BCUT2D eigenvalue weighted by atomic mass is 35.5. The molecule has 30 heavy (non-hydrogen) atoms. The first-order chi connectivity index (χ1) is 13.5. The number of fused-ring (bicyclic) bond motifs is 1. The third-order valence-electron chi connectivity index (χ3n) is 5.64. The highest BCUT2D eigenvalue weighted by molar-refractivity contribution is 5.98. The SMILES string of the molecule is Cc1cc(C)c2ccc(C(=O)N[C@@]3(c4ccccc4)CCNC[C@H]3O)cc2n1.Cl.Cl. The fourth-order valence-electron chi connectivity index (χ4n) is 4.14. The van der Waals surface area contributed by atoms with Crippen LogP contribution in [0.2, 0.25) is 0 Å². The molecule has 2 atom stereocenters. The lowest BCUT2D eigenvalue weighted by atomic mass is 9.79. The van der Waals surface area contributed by atoms with Crippen LogP contribution in [0.3, 0.4) is 0 Å². The molecule has 4 rings (SSSR count). The molecular weight excluding hydrogens is 421 g/mol. The lowest BCUT2D eigenvalue weighted by Crippen LogP contribution is -2.61. The van der Waals surface area contributed by atoms with E-state index in [9.17, 15) is 9.90 Å². The number of carbonyl (C=O) groups is 1. The van der Waals surface area contributed by atoms with E-state index in [1.165, 1.54) is 0 Å². The molecule has 3 aromatic rings. The minimum Gasteiger partial charge on any atom is -0.389 e. The quantitative estimate of drug-likeness (QED) is 0.572. The van der Waals surface area contributed by atoms with Crippen LogP contribution in [0.5, 0.6) is 0 Å². The summed E-state index contributed by atoms with van der Waals surface area (Å²) in [6.45, 7) is 5.16. The Labute approximate surface area is 189 Å². The van der Waals surface area contributed by atoms with Gasteiger partial charge in [0, 0.05) is 23.2 Å². The summed E-state index contributed by atoms with van der Waals surface area (Å²) >= 11 is 0. The second kappa shape index (κ2) is 9.75. The molecule has 1 aromatic heterocycles. The van der Waals surface area contributed by atoms with Gasteiger partial charge in [0.1, 0.15) is 0 Å². The molecule has 1 amide bonds. The number of benzene rings is 2. The summed E-state index contributed by atoms with van der Waals surface area (Å²) in [5, 5.41) is 18.2. The van der Waals surface area contributed by atoms with E-state index in [-0.39, 0.29) is 30.7 Å². The van der Waals surface area contributed by atoms with Gasteiger partial charge in [-0.1, -0.05) is 36.4 Å². The van der Waals surface area contributed by atoms with Crippen LogP contribution in [0, 0.1) is 13.8 Å². The van der Waals surface area contributed by atoms with Crippen LogP contribution in [-0.4, -0.2) is 35.2 Å². The van der Waals surface area contributed by atoms with Gasteiger partial charge in [-0.15, -0.1) is 24.8 Å². The number of halogens is 2. The average molecular weight is 448 g/mol. The first-order valence-electron chi connectivity index (χ1n) is 9.64. The number of amides is 1. The molecule has 160 valence electrons. The normalized spacial score (nSPS) is 20.7. The summed E-state index contributed by atoms with van der Waals surface area (Å²) in [6.07, 6.45) is -0.0933. The molecular formula is C23H27Cl2N3O2. The van der Waals surface area contributed by atoms with E-state index in [2.05, 4.69) is 15.6 Å². The number of nitrogens with zero attached hydrogens (tertiary/aromatic N) is 1. The molecule has 0 unspecified atom stereocenters. The molecule has 0 bridgehead atoms. The van der Waals surface area contributed by atoms with Crippen LogP contribution in [0.15, 0.2) is 54.6 Å². The van der Waals surface area contributed by atoms with Crippen molar-refractivity contribution in [1.29, 1.82) is 0 Å². The van der Waals surface area contributed by atoms with Crippen molar-refractivity contribution < 1.29 is 9.90 Å². The maximum atomic E-state index is 13.2. The van der Waals surface area contributed by atoms with Crippen LogP contribution in [0.25, 0.3) is 10.9 Å². The fourth-order valence-corrected chi connectivity index (χ4v) is 4.14. The third-order valence-corrected chi connectivity index (χ3v) is 5.64. The molecule has 0 radical (unpaired) electrons. The highest BCUT2D eigenvalue weighted by Crippen LogP contribution is 2.31. The Morgan fingerprint density at radius 1 is 1.13 bits per heavy atom. The van der Waals surface area contributed by atoms with Crippen LogP contribution in [0.4, 0.5) is 0 Å². The zero-order chi connectivity index (χ0) is 19.7. The van der Waals surface area contributed by atoms with Gasteiger partial charge in [-0.25, -0.2) is 0 Å². The van der Waals surface area contributed by atoms with Gasteiger partial charge in [-0.05, 0) is 56.1 Å². The number of rotatable bonds is 3. The molecule has 5 nitrogen and oxygen atoms in total. The molecule has 7 heteroatoms. The fraction of sp³-hybridized carbons (Fsp3) is 0.304. The Hall–Kier alpha value is -2.18. The molecule has 2 heterocycles. The average Bonchev–Trinajstić information content (AvgIpc) is 2.70. The maximum absolute atomic E-state index is 13.2. The van der Waals surface area contributed by atoms with Gasteiger partial charge in [0.15, 0.2) is 0 Å². The molecule has 0 aliphatic carbocycles. The number of aliphatic hydroxyl groups is 1. The Kier molecular flexibility index (Phi) is 7.83. The topological polar surface area (TPSA) is 74.2 Å². The second-order valence-corrected chi connectivity index (χ2v) is 7.57. The largest absolute Gasteiger partial charge is 0.389 e. The van der Waals surface area contributed by atoms with E-state index >= 15 is 0 Å². The predicted molar refractivity (Wildman–Crippen MR) is 125 cm³/mol. The lowest BCUT2D eigenvalue weighted by molar-refractivity contribution is 0.0290. The van der Waals surface area contributed by atoms with Crippen molar-refractivity contribution in [2.75, 3.05) is 13.1 Å². The standard InChI is InChI=1S/C23H25N3O2.2ClH/c1-15-12-16(2)25-20-13-17(8-9-19(15)20)22(28)26-23(10-11-24-14-21(23)27)18-6-4-3-5-7-18;;/h3-9,12-13,21,24,27H,10-11,14H2,1-2H3,(H,26,28);2*1H/t21-,23-;;/m1../s1. The van der Waals surface area contributed by atoms with Crippen molar-refractivity contribution in [3.8, 4) is 0 Å². The molecule has 3 N–H and O–H groups in total. The van der Waals surface area contributed by atoms with Crippen molar-refractivity contribution in [1.82, 2.24) is 15.6 Å². The van der Waals surface area contributed by atoms with Gasteiger partial charge in [-0.3, -0.25) is 9.78 Å². The van der Waals surface area contributed by atoms with Crippen LogP contribution < -0.4 is 10.6 Å². The number of hydrogen-bond donors (Lipinski definition) is 3. The van der Waals surface area contributed by atoms with E-state index in [1.807, 2.05) is 68.4 Å². The second-order valence-electron chi connectivity index (χ2n) is 7.57. The summed E-state index contributed by atoms with van der Waals surface area (Å²) in [7, 11) is 0. The minimum atomic E-state index is -0.811. The van der Waals surface area contributed by atoms with E-state index in [0.717, 1.165) is 34.3 Å². The van der Waals surface area contributed by atoms with Gasteiger partial charge >= 0.3 is 0 Å². The monoisotopic (exact) mass is 447 g/mol. The number of β-amino-alcohol motifs (C(OH)–C–C–N with tert-alkyl or cyclic N) is 1. The molecule has 0 spiro atoms. The summed E-state index contributed by atoms with van der Waals surface area (Å²) in [5.74, 6) is -0.201. The van der Waals surface area contributed by atoms with Crippen LogP contribution in [-0.2, 0) is 5.54 Å². The highest BCUT2D eigenvalue weighted by Gasteiger charge is 2.42. The number of aromatic nitrogens is 1. The van der Waals surface area contributed by atoms with E-state index in [0.29, 0.717) is 18.5 Å². The summed E-state index contributed by atoms with van der Waals surface area (Å²) in [5.41, 5.74) is 3.54. The van der Waals surface area contributed by atoms with E-state index in [1.54, 1.807) is 0 Å².